The Balaban J connectivity index is 1.65. The topological polar surface area (TPSA) is 35.5 Å². The first-order valence-electron chi connectivity index (χ1n) is 8.25. The lowest BCUT2D eigenvalue weighted by Crippen LogP contribution is -2.46. The Morgan fingerprint density at radius 1 is 1.26 bits per heavy atom. The van der Waals surface area contributed by atoms with Gasteiger partial charge in [0.1, 0.15) is 0 Å². The Morgan fingerprint density at radius 3 is 2.53 bits per heavy atom. The van der Waals surface area contributed by atoms with Crippen molar-refractivity contribution in [2.45, 2.75) is 57.9 Å². The molecule has 19 heavy (non-hydrogen) atoms. The highest BCUT2D eigenvalue weighted by Gasteiger charge is 2.35. The number of rotatable bonds is 8. The van der Waals surface area contributed by atoms with Gasteiger partial charge in [0.05, 0.1) is 6.61 Å². The summed E-state index contributed by atoms with van der Waals surface area (Å²) in [4.78, 5) is 2.66. The summed E-state index contributed by atoms with van der Waals surface area (Å²) in [6.07, 6.45) is 7.81. The van der Waals surface area contributed by atoms with Crippen molar-refractivity contribution in [2.75, 3.05) is 32.8 Å². The average molecular weight is 268 g/mol. The highest BCUT2D eigenvalue weighted by molar-refractivity contribution is 4.89. The number of nitrogens with zero attached hydrogens (tertiary/aromatic N) is 1. The fourth-order valence-electron chi connectivity index (χ4n) is 3.86. The zero-order chi connectivity index (χ0) is 13.7. The first kappa shape index (κ1) is 15.3. The molecule has 2 fully saturated rings. The van der Waals surface area contributed by atoms with Gasteiger partial charge in [-0.25, -0.2) is 0 Å². The number of aliphatic hydroxyl groups is 1. The summed E-state index contributed by atoms with van der Waals surface area (Å²) < 4.78 is 0. The SMILES string of the molecule is CCCNC(C)(CO)CCCN1CC2CCCC2C1. The van der Waals surface area contributed by atoms with Gasteiger partial charge in [0.25, 0.3) is 0 Å². The lowest BCUT2D eigenvalue weighted by molar-refractivity contribution is 0.158. The van der Waals surface area contributed by atoms with Crippen LogP contribution >= 0.6 is 0 Å². The van der Waals surface area contributed by atoms with Crippen LogP contribution in [0.3, 0.4) is 0 Å². The molecular weight excluding hydrogens is 236 g/mol. The van der Waals surface area contributed by atoms with Crippen LogP contribution < -0.4 is 5.32 Å². The van der Waals surface area contributed by atoms with Crippen molar-refractivity contribution in [1.82, 2.24) is 10.2 Å². The van der Waals surface area contributed by atoms with Crippen molar-refractivity contribution >= 4 is 0 Å². The molecule has 1 aliphatic heterocycles. The molecule has 3 heteroatoms. The predicted molar refractivity (Wildman–Crippen MR) is 80.3 cm³/mol. The van der Waals surface area contributed by atoms with Crippen molar-refractivity contribution in [2.24, 2.45) is 11.8 Å². The minimum Gasteiger partial charge on any atom is -0.394 e. The van der Waals surface area contributed by atoms with E-state index in [-0.39, 0.29) is 12.1 Å². The van der Waals surface area contributed by atoms with Gasteiger partial charge in [0, 0.05) is 18.6 Å². The normalized spacial score (nSPS) is 30.5. The Bertz CT molecular complexity index is 259. The van der Waals surface area contributed by atoms with Crippen LogP contribution in [0.25, 0.3) is 0 Å². The van der Waals surface area contributed by atoms with Crippen LogP contribution in [0.1, 0.15) is 52.4 Å². The second kappa shape index (κ2) is 7.05. The molecule has 2 N–H and O–H groups in total. The molecule has 1 heterocycles. The van der Waals surface area contributed by atoms with E-state index in [1.54, 1.807) is 0 Å². The van der Waals surface area contributed by atoms with Crippen LogP contribution in [0, 0.1) is 11.8 Å². The van der Waals surface area contributed by atoms with E-state index in [1.807, 2.05) is 0 Å². The van der Waals surface area contributed by atoms with Crippen molar-refractivity contribution in [1.29, 1.82) is 0 Å². The number of fused-ring (bicyclic) bond motifs is 1. The van der Waals surface area contributed by atoms with Crippen molar-refractivity contribution in [3.63, 3.8) is 0 Å². The number of hydrogen-bond donors (Lipinski definition) is 2. The van der Waals surface area contributed by atoms with E-state index >= 15 is 0 Å². The van der Waals surface area contributed by atoms with Crippen molar-refractivity contribution in [3.8, 4) is 0 Å². The quantitative estimate of drug-likeness (QED) is 0.709. The van der Waals surface area contributed by atoms with Gasteiger partial charge in [-0.3, -0.25) is 0 Å². The summed E-state index contributed by atoms with van der Waals surface area (Å²) >= 11 is 0. The van der Waals surface area contributed by atoms with E-state index in [4.69, 9.17) is 0 Å². The molecule has 3 atom stereocenters. The van der Waals surface area contributed by atoms with E-state index < -0.39 is 0 Å². The molecule has 0 aromatic heterocycles. The van der Waals surface area contributed by atoms with Gasteiger partial charge in [0.2, 0.25) is 0 Å². The molecule has 0 bridgehead atoms. The Morgan fingerprint density at radius 2 is 1.95 bits per heavy atom. The first-order valence-corrected chi connectivity index (χ1v) is 8.25. The fourth-order valence-corrected chi connectivity index (χ4v) is 3.86. The average Bonchev–Trinajstić information content (AvgIpc) is 2.97. The molecule has 1 saturated carbocycles. The summed E-state index contributed by atoms with van der Waals surface area (Å²) in [5.74, 6) is 2.00. The van der Waals surface area contributed by atoms with E-state index in [1.165, 1.54) is 45.3 Å². The van der Waals surface area contributed by atoms with E-state index in [0.717, 1.165) is 31.2 Å². The standard InChI is InChI=1S/C16H32N2O/c1-3-9-17-16(2,13-19)8-5-10-18-11-14-6-4-7-15(14)12-18/h14-15,17,19H,3-13H2,1-2H3. The highest BCUT2D eigenvalue weighted by Crippen LogP contribution is 2.37. The third-order valence-corrected chi connectivity index (χ3v) is 5.16. The molecule has 3 nitrogen and oxygen atoms in total. The molecule has 112 valence electrons. The second-order valence-corrected chi connectivity index (χ2v) is 6.96. The summed E-state index contributed by atoms with van der Waals surface area (Å²) in [7, 11) is 0. The fraction of sp³-hybridized carbons (Fsp3) is 1.00. The molecule has 2 aliphatic rings. The molecule has 3 unspecified atom stereocenters. The van der Waals surface area contributed by atoms with E-state index in [0.29, 0.717) is 0 Å². The number of hydrogen-bond acceptors (Lipinski definition) is 3. The highest BCUT2D eigenvalue weighted by atomic mass is 16.3. The summed E-state index contributed by atoms with van der Waals surface area (Å²) in [6.45, 7) is 9.47. The van der Waals surface area contributed by atoms with E-state index in [2.05, 4.69) is 24.1 Å². The van der Waals surface area contributed by atoms with Gasteiger partial charge in [0.15, 0.2) is 0 Å². The van der Waals surface area contributed by atoms with Gasteiger partial charge in [-0.05, 0) is 64.0 Å². The van der Waals surface area contributed by atoms with Crippen molar-refractivity contribution < 1.29 is 5.11 Å². The summed E-state index contributed by atoms with van der Waals surface area (Å²) in [6, 6.07) is 0. The molecule has 0 spiro atoms. The Labute approximate surface area is 118 Å². The van der Waals surface area contributed by atoms with Crippen LogP contribution in [-0.2, 0) is 0 Å². The monoisotopic (exact) mass is 268 g/mol. The van der Waals surface area contributed by atoms with Gasteiger partial charge in [-0.2, -0.15) is 0 Å². The maximum atomic E-state index is 9.56. The number of nitrogens with one attached hydrogen (secondary N) is 1. The summed E-state index contributed by atoms with van der Waals surface area (Å²) in [5, 5.41) is 13.1. The molecule has 0 aromatic carbocycles. The molecule has 0 aromatic rings. The third-order valence-electron chi connectivity index (χ3n) is 5.16. The minimum absolute atomic E-state index is 0.0778. The van der Waals surface area contributed by atoms with Gasteiger partial charge >= 0.3 is 0 Å². The van der Waals surface area contributed by atoms with Crippen LogP contribution in [0.4, 0.5) is 0 Å². The zero-order valence-corrected chi connectivity index (χ0v) is 12.8. The van der Waals surface area contributed by atoms with Crippen LogP contribution in [0.2, 0.25) is 0 Å². The zero-order valence-electron chi connectivity index (χ0n) is 12.8. The first-order chi connectivity index (χ1) is 9.17. The van der Waals surface area contributed by atoms with Gasteiger partial charge < -0.3 is 15.3 Å². The number of aliphatic hydroxyl groups excluding tert-OH is 1. The smallest absolute Gasteiger partial charge is 0.0610 e. The summed E-state index contributed by atoms with van der Waals surface area (Å²) in [5.41, 5.74) is -0.0778. The molecule has 0 radical (unpaired) electrons. The largest absolute Gasteiger partial charge is 0.394 e. The van der Waals surface area contributed by atoms with Gasteiger partial charge in [-0.15, -0.1) is 0 Å². The molecule has 0 amide bonds. The lowest BCUT2D eigenvalue weighted by atomic mass is 9.96. The number of likely N-dealkylation sites (tertiary alicyclic amines) is 1. The van der Waals surface area contributed by atoms with Crippen LogP contribution in [-0.4, -0.2) is 48.3 Å². The molecule has 2 rings (SSSR count). The Kier molecular flexibility index (Phi) is 5.67. The maximum Gasteiger partial charge on any atom is 0.0610 e. The molecular formula is C16H32N2O. The van der Waals surface area contributed by atoms with E-state index in [9.17, 15) is 5.11 Å². The predicted octanol–water partition coefficient (Wildman–Crippen LogP) is 2.25. The molecule has 1 aliphatic carbocycles. The minimum atomic E-state index is -0.0778. The second-order valence-electron chi connectivity index (χ2n) is 6.96. The van der Waals surface area contributed by atoms with Gasteiger partial charge in [-0.1, -0.05) is 13.3 Å². The maximum absolute atomic E-state index is 9.56. The lowest BCUT2D eigenvalue weighted by Gasteiger charge is -2.29. The van der Waals surface area contributed by atoms with Crippen LogP contribution in [0.5, 0.6) is 0 Å². The third kappa shape index (κ3) is 4.17. The van der Waals surface area contributed by atoms with Crippen molar-refractivity contribution in [3.05, 3.63) is 0 Å². The Hall–Kier alpha value is -0.120. The molecule has 1 saturated heterocycles. The van der Waals surface area contributed by atoms with Crippen LogP contribution in [0.15, 0.2) is 0 Å².